The number of hydrogen-bond donors (Lipinski definition) is 2. The van der Waals surface area contributed by atoms with Gasteiger partial charge in [0.15, 0.2) is 0 Å². The van der Waals surface area contributed by atoms with Crippen LogP contribution in [0.3, 0.4) is 0 Å². The number of likely N-dealkylation sites (tertiary alicyclic amines) is 2. The second kappa shape index (κ2) is 5.92. The Kier molecular flexibility index (Phi) is 3.87. The van der Waals surface area contributed by atoms with Crippen LogP contribution in [-0.2, 0) is 0 Å². The molecule has 2 aliphatic heterocycles. The van der Waals surface area contributed by atoms with E-state index in [0.717, 1.165) is 57.4 Å². The van der Waals surface area contributed by atoms with Crippen LogP contribution >= 0.6 is 0 Å². The Morgan fingerprint density at radius 1 is 1.25 bits per heavy atom. The van der Waals surface area contributed by atoms with Crippen molar-refractivity contribution in [3.63, 3.8) is 0 Å². The van der Waals surface area contributed by atoms with Crippen molar-refractivity contribution < 1.29 is 15.0 Å². The Balaban J connectivity index is 1.29. The van der Waals surface area contributed by atoms with Crippen molar-refractivity contribution in [1.29, 1.82) is 0 Å². The number of nitrogens with zero attached hydrogens (tertiary/aromatic N) is 3. The van der Waals surface area contributed by atoms with E-state index in [-0.39, 0.29) is 5.41 Å². The molecule has 1 aromatic rings. The number of hydrogen-bond acceptors (Lipinski definition) is 4. The number of rotatable bonds is 2. The Labute approximate surface area is 142 Å². The number of amides is 1. The second-order valence-electron chi connectivity index (χ2n) is 7.73. The summed E-state index contributed by atoms with van der Waals surface area (Å²) in [5.74, 6) is 0.670. The molecule has 130 valence electrons. The summed E-state index contributed by atoms with van der Waals surface area (Å²) in [5.41, 5.74) is 1.09. The van der Waals surface area contributed by atoms with E-state index in [1.165, 1.54) is 0 Å². The molecule has 0 radical (unpaired) electrons. The van der Waals surface area contributed by atoms with Crippen molar-refractivity contribution in [3.05, 3.63) is 24.0 Å². The van der Waals surface area contributed by atoms with Gasteiger partial charge in [0.2, 0.25) is 0 Å². The predicted molar refractivity (Wildman–Crippen MR) is 89.1 cm³/mol. The van der Waals surface area contributed by atoms with Crippen molar-refractivity contribution in [3.8, 4) is 5.75 Å². The van der Waals surface area contributed by atoms with Gasteiger partial charge in [-0.15, -0.1) is 0 Å². The first-order valence-corrected chi connectivity index (χ1v) is 8.92. The highest BCUT2D eigenvalue weighted by Crippen LogP contribution is 2.50. The topological polar surface area (TPSA) is 76.9 Å². The van der Waals surface area contributed by atoms with Crippen LogP contribution in [0.25, 0.3) is 0 Å². The third kappa shape index (κ3) is 2.73. The van der Waals surface area contributed by atoms with Crippen LogP contribution < -0.4 is 0 Å². The molecular weight excluding hydrogens is 306 g/mol. The van der Waals surface area contributed by atoms with Crippen LogP contribution in [0.1, 0.15) is 43.7 Å². The molecule has 24 heavy (non-hydrogen) atoms. The van der Waals surface area contributed by atoms with E-state index in [2.05, 4.69) is 9.88 Å². The zero-order valence-corrected chi connectivity index (χ0v) is 13.9. The van der Waals surface area contributed by atoms with Gasteiger partial charge >= 0.3 is 6.09 Å². The third-order valence-corrected chi connectivity index (χ3v) is 6.29. The van der Waals surface area contributed by atoms with Crippen LogP contribution in [0.15, 0.2) is 18.3 Å². The Bertz CT molecular complexity index is 622. The van der Waals surface area contributed by atoms with Gasteiger partial charge in [0.1, 0.15) is 5.75 Å². The molecule has 2 N–H and O–H groups in total. The molecule has 1 saturated carbocycles. The molecule has 1 spiro atoms. The molecular formula is C18H25N3O3. The molecule has 6 nitrogen and oxygen atoms in total. The molecule has 0 unspecified atom stereocenters. The molecule has 3 heterocycles. The lowest BCUT2D eigenvalue weighted by Gasteiger charge is -2.51. The molecule has 4 rings (SSSR count). The van der Waals surface area contributed by atoms with Gasteiger partial charge in [-0.3, -0.25) is 4.98 Å². The number of pyridine rings is 1. The molecule has 2 saturated heterocycles. The number of aromatic nitrogens is 1. The maximum Gasteiger partial charge on any atom is 0.407 e. The SMILES string of the molecule is O=C(O)N1CCC2(CC(N3CCC(c4ncccc4O)CC3)C2)C1. The Hall–Kier alpha value is -1.82. The van der Waals surface area contributed by atoms with Crippen molar-refractivity contribution >= 4 is 6.09 Å². The smallest absolute Gasteiger partial charge is 0.407 e. The largest absolute Gasteiger partial charge is 0.506 e. The van der Waals surface area contributed by atoms with Crippen LogP contribution in [0, 0.1) is 5.41 Å². The van der Waals surface area contributed by atoms with E-state index < -0.39 is 6.09 Å². The van der Waals surface area contributed by atoms with Crippen LogP contribution in [-0.4, -0.2) is 63.3 Å². The maximum atomic E-state index is 11.1. The van der Waals surface area contributed by atoms with Gasteiger partial charge in [-0.25, -0.2) is 4.79 Å². The zero-order chi connectivity index (χ0) is 16.7. The number of carbonyl (C=O) groups is 1. The molecule has 3 aliphatic rings. The molecule has 0 bridgehead atoms. The molecule has 0 atom stereocenters. The van der Waals surface area contributed by atoms with Gasteiger partial charge in [0, 0.05) is 31.2 Å². The quantitative estimate of drug-likeness (QED) is 0.871. The van der Waals surface area contributed by atoms with Crippen molar-refractivity contribution in [2.45, 2.75) is 44.1 Å². The molecule has 1 aromatic heterocycles. The highest BCUT2D eigenvalue weighted by atomic mass is 16.4. The predicted octanol–water partition coefficient (Wildman–Crippen LogP) is 2.50. The van der Waals surface area contributed by atoms with Gasteiger partial charge in [0.25, 0.3) is 0 Å². The fraction of sp³-hybridized carbons (Fsp3) is 0.667. The molecule has 1 aliphatic carbocycles. The summed E-state index contributed by atoms with van der Waals surface area (Å²) in [4.78, 5) is 19.6. The summed E-state index contributed by atoms with van der Waals surface area (Å²) < 4.78 is 0. The van der Waals surface area contributed by atoms with Crippen molar-refractivity contribution in [1.82, 2.24) is 14.8 Å². The maximum absolute atomic E-state index is 11.1. The fourth-order valence-corrected chi connectivity index (χ4v) is 4.89. The highest BCUT2D eigenvalue weighted by molar-refractivity contribution is 5.65. The summed E-state index contributed by atoms with van der Waals surface area (Å²) in [6, 6.07) is 4.10. The minimum absolute atomic E-state index is 0.249. The molecule has 0 aromatic carbocycles. The first-order chi connectivity index (χ1) is 11.6. The molecule has 1 amide bonds. The van der Waals surface area contributed by atoms with Crippen molar-refractivity contribution in [2.75, 3.05) is 26.2 Å². The number of carboxylic acid groups (broad SMARTS) is 1. The number of piperidine rings is 1. The van der Waals surface area contributed by atoms with E-state index in [1.54, 1.807) is 23.2 Å². The van der Waals surface area contributed by atoms with E-state index >= 15 is 0 Å². The van der Waals surface area contributed by atoms with Gasteiger partial charge in [-0.2, -0.15) is 0 Å². The first kappa shape index (κ1) is 15.7. The van der Waals surface area contributed by atoms with Crippen LogP contribution in [0.5, 0.6) is 5.75 Å². The fourth-order valence-electron chi connectivity index (χ4n) is 4.89. The second-order valence-corrected chi connectivity index (χ2v) is 7.73. The van der Waals surface area contributed by atoms with Crippen molar-refractivity contribution in [2.24, 2.45) is 5.41 Å². The lowest BCUT2D eigenvalue weighted by Crippen LogP contribution is -2.54. The Morgan fingerprint density at radius 2 is 2.00 bits per heavy atom. The first-order valence-electron chi connectivity index (χ1n) is 8.92. The summed E-state index contributed by atoms with van der Waals surface area (Å²) in [6.45, 7) is 3.51. The van der Waals surface area contributed by atoms with E-state index in [0.29, 0.717) is 24.3 Å². The normalized spacial score (nSPS) is 31.3. The van der Waals surface area contributed by atoms with E-state index in [4.69, 9.17) is 5.11 Å². The van der Waals surface area contributed by atoms with Crippen LogP contribution in [0.4, 0.5) is 4.79 Å². The standard InChI is InChI=1S/C18H25N3O3/c22-15-2-1-6-19-16(15)13-3-7-20(8-4-13)14-10-18(11-14)5-9-21(12-18)17(23)24/h1-2,6,13-14,22H,3-5,7-12H2,(H,23,24). The lowest BCUT2D eigenvalue weighted by molar-refractivity contribution is -0.00410. The highest BCUT2D eigenvalue weighted by Gasteiger charge is 2.51. The minimum atomic E-state index is -0.772. The van der Waals surface area contributed by atoms with Crippen LogP contribution in [0.2, 0.25) is 0 Å². The Morgan fingerprint density at radius 3 is 2.62 bits per heavy atom. The number of aromatic hydroxyl groups is 1. The average Bonchev–Trinajstić information content (AvgIpc) is 3.00. The third-order valence-electron chi connectivity index (χ3n) is 6.29. The van der Waals surface area contributed by atoms with Gasteiger partial charge in [-0.1, -0.05) is 0 Å². The summed E-state index contributed by atoms with van der Waals surface area (Å²) >= 11 is 0. The van der Waals surface area contributed by atoms with E-state index in [9.17, 15) is 9.90 Å². The van der Waals surface area contributed by atoms with Gasteiger partial charge in [-0.05, 0) is 62.7 Å². The summed E-state index contributed by atoms with van der Waals surface area (Å²) in [6.07, 6.45) is 6.35. The minimum Gasteiger partial charge on any atom is -0.506 e. The average molecular weight is 331 g/mol. The van der Waals surface area contributed by atoms with Gasteiger partial charge in [0.05, 0.1) is 5.69 Å². The lowest BCUT2D eigenvalue weighted by atomic mass is 9.64. The summed E-state index contributed by atoms with van der Waals surface area (Å²) in [5, 5.41) is 19.1. The monoisotopic (exact) mass is 331 g/mol. The molecule has 3 fully saturated rings. The molecule has 6 heteroatoms. The summed E-state index contributed by atoms with van der Waals surface area (Å²) in [7, 11) is 0. The zero-order valence-electron chi connectivity index (χ0n) is 13.9. The van der Waals surface area contributed by atoms with Gasteiger partial charge < -0.3 is 20.0 Å². The van der Waals surface area contributed by atoms with E-state index in [1.807, 2.05) is 0 Å².